The van der Waals surface area contributed by atoms with E-state index in [0.717, 1.165) is 72.9 Å². The molecule has 4 rings (SSSR count). The van der Waals surface area contributed by atoms with Gasteiger partial charge < -0.3 is 14.6 Å². The van der Waals surface area contributed by atoms with Gasteiger partial charge in [-0.3, -0.25) is 9.69 Å². The summed E-state index contributed by atoms with van der Waals surface area (Å²) in [4.78, 5) is 19.7. The van der Waals surface area contributed by atoms with Crippen LogP contribution in [0.4, 0.5) is 0 Å². The Balaban J connectivity index is 1.22. The van der Waals surface area contributed by atoms with E-state index >= 15 is 0 Å². The second-order valence-corrected chi connectivity index (χ2v) is 8.38. The lowest BCUT2D eigenvalue weighted by Gasteiger charge is -2.34. The molecule has 1 fully saturated rings. The van der Waals surface area contributed by atoms with Gasteiger partial charge in [-0.25, -0.2) is 0 Å². The summed E-state index contributed by atoms with van der Waals surface area (Å²) < 4.78 is 6.01. The summed E-state index contributed by atoms with van der Waals surface area (Å²) >= 11 is 5.97. The maximum absolute atomic E-state index is 11.8. The van der Waals surface area contributed by atoms with Crippen LogP contribution in [0.2, 0.25) is 5.02 Å². The van der Waals surface area contributed by atoms with Gasteiger partial charge in [0.05, 0.1) is 12.1 Å². The van der Waals surface area contributed by atoms with Crippen molar-refractivity contribution in [3.05, 3.63) is 75.0 Å². The van der Waals surface area contributed by atoms with E-state index in [9.17, 15) is 4.79 Å². The predicted molar refractivity (Wildman–Crippen MR) is 123 cm³/mol. The summed E-state index contributed by atoms with van der Waals surface area (Å²) in [5.41, 5.74) is 2.98. The maximum Gasteiger partial charge on any atom is 0.248 e. The third kappa shape index (κ3) is 5.22. The number of ether oxygens (including phenoxy) is 1. The highest BCUT2D eigenvalue weighted by Gasteiger charge is 2.16. The first-order valence-corrected chi connectivity index (χ1v) is 10.9. The molecule has 2 heterocycles. The highest BCUT2D eigenvalue weighted by Crippen LogP contribution is 2.24. The van der Waals surface area contributed by atoms with Gasteiger partial charge in [-0.15, -0.1) is 0 Å². The molecule has 0 amide bonds. The number of nitrogens with zero attached hydrogens (tertiary/aromatic N) is 2. The number of rotatable bonds is 7. The first-order valence-electron chi connectivity index (χ1n) is 10.5. The monoisotopic (exact) mass is 425 g/mol. The van der Waals surface area contributed by atoms with Crippen molar-refractivity contribution in [2.75, 3.05) is 39.3 Å². The fourth-order valence-electron chi connectivity index (χ4n) is 4.03. The van der Waals surface area contributed by atoms with Crippen LogP contribution in [0, 0.1) is 6.92 Å². The van der Waals surface area contributed by atoms with Crippen LogP contribution in [0.25, 0.3) is 10.9 Å². The standard InChI is InChI=1S/C24H28ClN3O2/c1-18-16-23(29)26-24-21(18)4-2-5-22(24)30-15-3-10-27-11-13-28(14-12-27)17-19-6-8-20(25)9-7-19/h2,4-9,16H,3,10-15,17H2,1H3,(H,26,29). The molecule has 0 aliphatic carbocycles. The van der Waals surface area contributed by atoms with E-state index in [4.69, 9.17) is 16.3 Å². The number of nitrogens with one attached hydrogen (secondary N) is 1. The number of aromatic nitrogens is 1. The van der Waals surface area contributed by atoms with Crippen molar-refractivity contribution in [3.63, 3.8) is 0 Å². The Hall–Kier alpha value is -2.34. The van der Waals surface area contributed by atoms with Gasteiger partial charge in [0.1, 0.15) is 5.75 Å². The number of para-hydroxylation sites is 1. The average molecular weight is 426 g/mol. The molecule has 1 aromatic heterocycles. The fraction of sp³-hybridized carbons (Fsp3) is 0.375. The zero-order chi connectivity index (χ0) is 20.9. The Kier molecular flexibility index (Phi) is 6.72. The number of hydrogen-bond donors (Lipinski definition) is 1. The normalized spacial score (nSPS) is 15.5. The van der Waals surface area contributed by atoms with Crippen LogP contribution < -0.4 is 10.3 Å². The Labute approximate surface area is 182 Å². The van der Waals surface area contributed by atoms with Crippen molar-refractivity contribution in [2.45, 2.75) is 19.9 Å². The number of piperazine rings is 1. The van der Waals surface area contributed by atoms with Gasteiger partial charge in [0.15, 0.2) is 0 Å². The molecule has 1 N–H and O–H groups in total. The van der Waals surface area contributed by atoms with E-state index in [1.54, 1.807) is 6.07 Å². The minimum atomic E-state index is -0.0903. The molecule has 0 bridgehead atoms. The second kappa shape index (κ2) is 9.65. The van der Waals surface area contributed by atoms with Gasteiger partial charge in [-0.1, -0.05) is 35.9 Å². The predicted octanol–water partition coefficient (Wildman–Crippen LogP) is 4.08. The van der Waals surface area contributed by atoms with E-state index in [1.807, 2.05) is 37.3 Å². The number of halogens is 1. The zero-order valence-electron chi connectivity index (χ0n) is 17.4. The van der Waals surface area contributed by atoms with Crippen LogP contribution in [0.5, 0.6) is 5.75 Å². The first kappa shape index (κ1) is 20.9. The quantitative estimate of drug-likeness (QED) is 0.579. The Morgan fingerprint density at radius 3 is 2.53 bits per heavy atom. The molecule has 158 valence electrons. The third-order valence-electron chi connectivity index (χ3n) is 5.71. The van der Waals surface area contributed by atoms with E-state index in [-0.39, 0.29) is 5.56 Å². The molecule has 0 saturated carbocycles. The molecular weight excluding hydrogens is 398 g/mol. The summed E-state index contributed by atoms with van der Waals surface area (Å²) in [5, 5.41) is 1.82. The molecular formula is C24H28ClN3O2. The van der Waals surface area contributed by atoms with Crippen molar-refractivity contribution >= 4 is 22.5 Å². The zero-order valence-corrected chi connectivity index (χ0v) is 18.1. The van der Waals surface area contributed by atoms with Gasteiger partial charge in [-0.2, -0.15) is 0 Å². The molecule has 0 atom stereocenters. The van der Waals surface area contributed by atoms with Gasteiger partial charge in [0, 0.05) is 55.7 Å². The highest BCUT2D eigenvalue weighted by molar-refractivity contribution is 6.30. The Bertz CT molecular complexity index is 1040. The number of fused-ring (bicyclic) bond motifs is 1. The minimum absolute atomic E-state index is 0.0903. The largest absolute Gasteiger partial charge is 0.491 e. The lowest BCUT2D eigenvalue weighted by Crippen LogP contribution is -2.46. The number of hydrogen-bond acceptors (Lipinski definition) is 4. The number of benzene rings is 2. The smallest absolute Gasteiger partial charge is 0.248 e. The number of aromatic amines is 1. The van der Waals surface area contributed by atoms with E-state index < -0.39 is 0 Å². The van der Waals surface area contributed by atoms with Crippen molar-refractivity contribution in [1.29, 1.82) is 0 Å². The molecule has 0 unspecified atom stereocenters. The summed E-state index contributed by atoms with van der Waals surface area (Å²) in [6.07, 6.45) is 0.962. The fourth-order valence-corrected chi connectivity index (χ4v) is 4.16. The maximum atomic E-state index is 11.8. The number of H-pyrrole nitrogens is 1. The molecule has 3 aromatic rings. The summed E-state index contributed by atoms with van der Waals surface area (Å²) in [5.74, 6) is 0.751. The molecule has 1 saturated heterocycles. The van der Waals surface area contributed by atoms with Gasteiger partial charge in [-0.05, 0) is 42.7 Å². The Morgan fingerprint density at radius 2 is 1.77 bits per heavy atom. The number of aryl methyl sites for hydroxylation is 1. The third-order valence-corrected chi connectivity index (χ3v) is 5.96. The van der Waals surface area contributed by atoms with Crippen LogP contribution in [0.3, 0.4) is 0 Å². The molecule has 6 heteroatoms. The molecule has 2 aromatic carbocycles. The molecule has 0 radical (unpaired) electrons. The molecule has 0 spiro atoms. The van der Waals surface area contributed by atoms with Crippen LogP contribution in [-0.2, 0) is 6.54 Å². The Morgan fingerprint density at radius 1 is 1.03 bits per heavy atom. The lowest BCUT2D eigenvalue weighted by molar-refractivity contribution is 0.121. The van der Waals surface area contributed by atoms with E-state index in [2.05, 4.69) is 26.9 Å². The first-order chi connectivity index (χ1) is 14.6. The van der Waals surface area contributed by atoms with Crippen LogP contribution in [-0.4, -0.2) is 54.1 Å². The van der Waals surface area contributed by atoms with Crippen molar-refractivity contribution < 1.29 is 4.74 Å². The summed E-state index contributed by atoms with van der Waals surface area (Å²) in [6.45, 7) is 8.90. The van der Waals surface area contributed by atoms with Crippen molar-refractivity contribution in [2.24, 2.45) is 0 Å². The number of pyridine rings is 1. The minimum Gasteiger partial charge on any atom is -0.491 e. The van der Waals surface area contributed by atoms with Crippen molar-refractivity contribution in [1.82, 2.24) is 14.8 Å². The molecule has 1 aliphatic rings. The highest BCUT2D eigenvalue weighted by atomic mass is 35.5. The van der Waals surface area contributed by atoms with E-state index in [1.165, 1.54) is 5.56 Å². The van der Waals surface area contributed by atoms with Crippen molar-refractivity contribution in [3.8, 4) is 5.75 Å². The van der Waals surface area contributed by atoms with Gasteiger partial charge in [0.25, 0.3) is 0 Å². The van der Waals surface area contributed by atoms with E-state index in [0.29, 0.717) is 6.61 Å². The van der Waals surface area contributed by atoms with Gasteiger partial charge in [0.2, 0.25) is 5.56 Å². The lowest BCUT2D eigenvalue weighted by atomic mass is 10.1. The second-order valence-electron chi connectivity index (χ2n) is 7.94. The topological polar surface area (TPSA) is 48.6 Å². The summed E-state index contributed by atoms with van der Waals surface area (Å²) in [6, 6.07) is 15.7. The van der Waals surface area contributed by atoms with Crippen LogP contribution >= 0.6 is 11.6 Å². The molecule has 5 nitrogen and oxygen atoms in total. The molecule has 1 aliphatic heterocycles. The molecule has 30 heavy (non-hydrogen) atoms. The SMILES string of the molecule is Cc1cc(=O)[nH]c2c(OCCCN3CCN(Cc4ccc(Cl)cc4)CC3)cccc12. The van der Waals surface area contributed by atoms with Crippen LogP contribution in [0.15, 0.2) is 53.3 Å². The van der Waals surface area contributed by atoms with Gasteiger partial charge >= 0.3 is 0 Å². The van der Waals surface area contributed by atoms with Crippen LogP contribution in [0.1, 0.15) is 17.5 Å². The summed E-state index contributed by atoms with van der Waals surface area (Å²) in [7, 11) is 0. The average Bonchev–Trinajstić information content (AvgIpc) is 2.74.